The molecule has 1 aliphatic carbocycles. The van der Waals surface area contributed by atoms with Crippen molar-refractivity contribution >= 4 is 5.97 Å². The highest BCUT2D eigenvalue weighted by Gasteiger charge is 2.26. The lowest BCUT2D eigenvalue weighted by Crippen LogP contribution is -2.29. The second kappa shape index (κ2) is 4.30. The Bertz CT molecular complexity index is 309. The fourth-order valence-corrected chi connectivity index (χ4v) is 1.60. The van der Waals surface area contributed by atoms with E-state index in [1.165, 1.54) is 6.92 Å². The van der Waals surface area contributed by atoms with Crippen LogP contribution in [0.15, 0.2) is 11.1 Å². The maximum atomic E-state index is 10.7. The fraction of sp³-hybridized carbons (Fsp3) is 0.545. The molecule has 14 heavy (non-hydrogen) atoms. The van der Waals surface area contributed by atoms with Gasteiger partial charge < -0.3 is 9.84 Å². The predicted molar refractivity (Wildman–Crippen MR) is 52.3 cm³/mol. The number of terminal acetylenes is 1. The van der Waals surface area contributed by atoms with Crippen molar-refractivity contribution in [3.63, 3.8) is 0 Å². The zero-order valence-electron chi connectivity index (χ0n) is 8.41. The number of hydrogen-bond donors (Lipinski definition) is 1. The summed E-state index contributed by atoms with van der Waals surface area (Å²) in [5, 5.41) is 9.62. The molecular weight excluding hydrogens is 180 g/mol. The lowest BCUT2D eigenvalue weighted by atomic mass is 9.89. The third-order valence-electron chi connectivity index (χ3n) is 2.40. The molecule has 0 unspecified atom stereocenters. The molecule has 0 aromatic carbocycles. The molecule has 76 valence electrons. The fourth-order valence-electron chi connectivity index (χ4n) is 1.60. The van der Waals surface area contributed by atoms with E-state index in [1.54, 1.807) is 0 Å². The number of hydrogen-bond acceptors (Lipinski definition) is 3. The molecule has 0 saturated carbocycles. The molecule has 0 bridgehead atoms. The number of rotatable bonds is 1. The van der Waals surface area contributed by atoms with E-state index in [0.717, 1.165) is 11.1 Å². The summed E-state index contributed by atoms with van der Waals surface area (Å²) in [6.07, 6.45) is 5.41. The maximum absolute atomic E-state index is 10.7. The minimum absolute atomic E-state index is 0.280. The quantitative estimate of drug-likeness (QED) is 0.501. The molecule has 0 amide bonds. The second-order valence-corrected chi connectivity index (χ2v) is 3.49. The largest absolute Gasteiger partial charge is 0.462 e. The van der Waals surface area contributed by atoms with E-state index in [0.29, 0.717) is 12.8 Å². The first-order valence-corrected chi connectivity index (χ1v) is 4.56. The van der Waals surface area contributed by atoms with Gasteiger partial charge in [-0.3, -0.25) is 4.79 Å². The summed E-state index contributed by atoms with van der Waals surface area (Å²) in [5.41, 5.74) is 1.56. The van der Waals surface area contributed by atoms with E-state index in [1.807, 2.05) is 6.92 Å². The van der Waals surface area contributed by atoms with Gasteiger partial charge in [-0.1, -0.05) is 5.92 Å². The zero-order chi connectivity index (χ0) is 10.7. The summed E-state index contributed by atoms with van der Waals surface area (Å²) in [6, 6.07) is 0. The highest BCUT2D eigenvalue weighted by molar-refractivity contribution is 5.66. The van der Waals surface area contributed by atoms with E-state index in [-0.39, 0.29) is 12.1 Å². The summed E-state index contributed by atoms with van der Waals surface area (Å²) in [7, 11) is 0. The number of carbonyl (C=O) groups excluding carboxylic acids is 1. The molecule has 0 radical (unpaired) electrons. The summed E-state index contributed by atoms with van der Waals surface area (Å²) in [6.45, 7) is 3.16. The Labute approximate surface area is 83.8 Å². The van der Waals surface area contributed by atoms with Crippen molar-refractivity contribution in [1.29, 1.82) is 0 Å². The highest BCUT2D eigenvalue weighted by Crippen LogP contribution is 2.26. The van der Waals surface area contributed by atoms with Gasteiger partial charge in [-0.05, 0) is 12.5 Å². The van der Waals surface area contributed by atoms with Crippen LogP contribution in [-0.4, -0.2) is 23.3 Å². The van der Waals surface area contributed by atoms with E-state index >= 15 is 0 Å². The molecule has 0 saturated heterocycles. The van der Waals surface area contributed by atoms with Crippen molar-refractivity contribution < 1.29 is 14.6 Å². The van der Waals surface area contributed by atoms with Crippen molar-refractivity contribution in [1.82, 2.24) is 0 Å². The summed E-state index contributed by atoms with van der Waals surface area (Å²) >= 11 is 0. The van der Waals surface area contributed by atoms with Crippen molar-refractivity contribution in [3.8, 4) is 12.3 Å². The maximum Gasteiger partial charge on any atom is 0.302 e. The summed E-state index contributed by atoms with van der Waals surface area (Å²) in [4.78, 5) is 10.7. The van der Waals surface area contributed by atoms with Gasteiger partial charge in [0, 0.05) is 25.3 Å². The van der Waals surface area contributed by atoms with Gasteiger partial charge in [0.25, 0.3) is 0 Å². The Morgan fingerprint density at radius 1 is 1.71 bits per heavy atom. The van der Waals surface area contributed by atoms with Crippen LogP contribution < -0.4 is 0 Å². The average molecular weight is 194 g/mol. The number of aliphatic hydroxyl groups is 1. The Balaban J connectivity index is 2.75. The van der Waals surface area contributed by atoms with Crippen molar-refractivity contribution in [2.45, 2.75) is 38.9 Å². The van der Waals surface area contributed by atoms with Crippen LogP contribution in [0.2, 0.25) is 0 Å². The Morgan fingerprint density at radius 2 is 2.36 bits per heavy atom. The van der Waals surface area contributed by atoms with Gasteiger partial charge in [-0.2, -0.15) is 0 Å². The van der Waals surface area contributed by atoms with Gasteiger partial charge in [-0.25, -0.2) is 0 Å². The highest BCUT2D eigenvalue weighted by atomic mass is 16.5. The van der Waals surface area contributed by atoms with Crippen LogP contribution in [0.5, 0.6) is 0 Å². The first-order chi connectivity index (χ1) is 6.54. The van der Waals surface area contributed by atoms with Crippen LogP contribution in [0.4, 0.5) is 0 Å². The molecule has 0 fully saturated rings. The Morgan fingerprint density at radius 3 is 2.86 bits per heavy atom. The van der Waals surface area contributed by atoms with Crippen LogP contribution in [0.1, 0.15) is 26.7 Å². The van der Waals surface area contributed by atoms with Crippen LogP contribution in [-0.2, 0) is 9.53 Å². The third kappa shape index (κ3) is 2.36. The average Bonchev–Trinajstić information content (AvgIpc) is 2.10. The van der Waals surface area contributed by atoms with E-state index < -0.39 is 6.10 Å². The molecular formula is C11H14O3. The molecule has 1 rings (SSSR count). The SMILES string of the molecule is C#CC1=C(C)[C@H](O)C[C@H](OC(C)=O)C1. The number of carbonyl (C=O) groups is 1. The molecule has 0 aliphatic heterocycles. The van der Waals surface area contributed by atoms with Gasteiger partial charge in [-0.15, -0.1) is 6.42 Å². The molecule has 0 aromatic rings. The zero-order valence-corrected chi connectivity index (χ0v) is 8.41. The lowest BCUT2D eigenvalue weighted by Gasteiger charge is -2.27. The van der Waals surface area contributed by atoms with Gasteiger partial charge >= 0.3 is 5.97 Å². The van der Waals surface area contributed by atoms with E-state index in [9.17, 15) is 9.90 Å². The van der Waals surface area contributed by atoms with Crippen molar-refractivity contribution in [2.24, 2.45) is 0 Å². The molecule has 1 aliphatic rings. The van der Waals surface area contributed by atoms with Gasteiger partial charge in [0.1, 0.15) is 6.10 Å². The first kappa shape index (κ1) is 10.8. The number of ether oxygens (including phenoxy) is 1. The molecule has 2 atom stereocenters. The number of aliphatic hydroxyl groups excluding tert-OH is 1. The number of esters is 1. The van der Waals surface area contributed by atoms with Gasteiger partial charge in [0.05, 0.1) is 6.10 Å². The van der Waals surface area contributed by atoms with Crippen molar-refractivity contribution in [3.05, 3.63) is 11.1 Å². The normalized spacial score (nSPS) is 27.0. The minimum atomic E-state index is -0.584. The van der Waals surface area contributed by atoms with Crippen LogP contribution >= 0.6 is 0 Å². The smallest absolute Gasteiger partial charge is 0.302 e. The molecule has 0 spiro atoms. The molecule has 1 N–H and O–H groups in total. The topological polar surface area (TPSA) is 46.5 Å². The molecule has 0 aromatic heterocycles. The van der Waals surface area contributed by atoms with E-state index in [2.05, 4.69) is 5.92 Å². The molecule has 3 heteroatoms. The standard InChI is InChI=1S/C11H14O3/c1-4-9-5-10(14-8(3)12)6-11(13)7(9)2/h1,10-11,13H,5-6H2,2-3H3/t10-,11-/m1/s1. The molecule has 0 heterocycles. The lowest BCUT2D eigenvalue weighted by molar-refractivity contribution is -0.147. The third-order valence-corrected chi connectivity index (χ3v) is 2.40. The Hall–Kier alpha value is -1.27. The van der Waals surface area contributed by atoms with Crippen LogP contribution in [0.25, 0.3) is 0 Å². The van der Waals surface area contributed by atoms with Crippen LogP contribution in [0.3, 0.4) is 0 Å². The summed E-state index contributed by atoms with van der Waals surface area (Å²) in [5.74, 6) is 2.18. The Kier molecular flexibility index (Phi) is 3.32. The van der Waals surface area contributed by atoms with Crippen molar-refractivity contribution in [2.75, 3.05) is 0 Å². The molecule has 3 nitrogen and oxygen atoms in total. The minimum Gasteiger partial charge on any atom is -0.462 e. The summed E-state index contributed by atoms with van der Waals surface area (Å²) < 4.78 is 5.01. The second-order valence-electron chi connectivity index (χ2n) is 3.49. The first-order valence-electron chi connectivity index (χ1n) is 4.56. The predicted octanol–water partition coefficient (Wildman–Crippen LogP) is 1.02. The monoisotopic (exact) mass is 194 g/mol. The van der Waals surface area contributed by atoms with Gasteiger partial charge in [0.15, 0.2) is 0 Å². The van der Waals surface area contributed by atoms with Gasteiger partial charge in [0.2, 0.25) is 0 Å². The van der Waals surface area contributed by atoms with Crippen LogP contribution in [0, 0.1) is 12.3 Å². The van der Waals surface area contributed by atoms with E-state index in [4.69, 9.17) is 11.2 Å².